The Hall–Kier alpha value is -3.35. The number of carbonyl (C=O) groups excluding carboxylic acids is 1. The van der Waals surface area contributed by atoms with Gasteiger partial charge in [-0.15, -0.1) is 0 Å². The zero-order valence-corrected chi connectivity index (χ0v) is 13.2. The molecule has 0 saturated carbocycles. The van der Waals surface area contributed by atoms with Crippen molar-refractivity contribution in [1.29, 1.82) is 0 Å². The molecule has 0 aliphatic carbocycles. The highest BCUT2D eigenvalue weighted by atomic mass is 16.4. The molecule has 1 amide bonds. The van der Waals surface area contributed by atoms with Crippen LogP contribution in [0.2, 0.25) is 0 Å². The molecule has 25 heavy (non-hydrogen) atoms. The number of carboxylic acids is 1. The fourth-order valence-corrected chi connectivity index (χ4v) is 3.05. The number of amides is 1. The molecule has 0 spiro atoms. The highest BCUT2D eigenvalue weighted by molar-refractivity contribution is 5.95. The smallest absolute Gasteiger partial charge is 0.356 e. The molecule has 3 heterocycles. The number of carbonyl (C=O) groups is 2. The van der Waals surface area contributed by atoms with Crippen LogP contribution in [0, 0.1) is 0 Å². The third-order valence-electron chi connectivity index (χ3n) is 4.36. The minimum absolute atomic E-state index is 0.0133. The number of benzene rings is 1. The minimum Gasteiger partial charge on any atom is -0.476 e. The largest absolute Gasteiger partial charge is 0.476 e. The second-order valence-corrected chi connectivity index (χ2v) is 5.87. The standard InChI is InChI=1S/C18H15N3O4/c22-17(12-5-3-11(4-6-12)15-2-1-9-25-15)21-8-7-14-13(10-21)16(18(23)24)20-19-14/h1-6,9H,7-8,10H2,(H,19,20)(H,23,24). The molecule has 0 unspecified atom stereocenters. The highest BCUT2D eigenvalue weighted by Crippen LogP contribution is 2.24. The first-order valence-corrected chi connectivity index (χ1v) is 7.86. The molecule has 0 bridgehead atoms. The van der Waals surface area contributed by atoms with E-state index in [2.05, 4.69) is 10.2 Å². The van der Waals surface area contributed by atoms with E-state index in [1.807, 2.05) is 24.3 Å². The van der Waals surface area contributed by atoms with Gasteiger partial charge in [-0.2, -0.15) is 5.10 Å². The number of carboxylic acid groups (broad SMARTS) is 1. The van der Waals surface area contributed by atoms with Gasteiger partial charge >= 0.3 is 5.97 Å². The van der Waals surface area contributed by atoms with E-state index < -0.39 is 5.97 Å². The van der Waals surface area contributed by atoms with Crippen LogP contribution in [0.3, 0.4) is 0 Å². The van der Waals surface area contributed by atoms with Crippen molar-refractivity contribution in [1.82, 2.24) is 15.1 Å². The van der Waals surface area contributed by atoms with Gasteiger partial charge in [0.25, 0.3) is 5.91 Å². The zero-order chi connectivity index (χ0) is 17.4. The van der Waals surface area contributed by atoms with E-state index in [1.165, 1.54) is 0 Å². The quantitative estimate of drug-likeness (QED) is 0.765. The third-order valence-corrected chi connectivity index (χ3v) is 4.36. The van der Waals surface area contributed by atoms with E-state index >= 15 is 0 Å². The number of hydrogen-bond donors (Lipinski definition) is 2. The Labute approximate surface area is 142 Å². The molecule has 0 saturated heterocycles. The van der Waals surface area contributed by atoms with Gasteiger partial charge in [0, 0.05) is 35.3 Å². The molecule has 0 fully saturated rings. The maximum atomic E-state index is 12.7. The first kappa shape index (κ1) is 15.2. The Bertz CT molecular complexity index is 926. The van der Waals surface area contributed by atoms with Gasteiger partial charge in [-0.3, -0.25) is 9.89 Å². The molecule has 7 nitrogen and oxygen atoms in total. The van der Waals surface area contributed by atoms with Gasteiger partial charge in [-0.05, 0) is 24.3 Å². The van der Waals surface area contributed by atoms with Crippen LogP contribution in [-0.2, 0) is 13.0 Å². The van der Waals surface area contributed by atoms with Gasteiger partial charge in [-0.25, -0.2) is 4.79 Å². The van der Waals surface area contributed by atoms with Crippen molar-refractivity contribution in [2.75, 3.05) is 6.54 Å². The van der Waals surface area contributed by atoms with Crippen molar-refractivity contribution in [2.24, 2.45) is 0 Å². The minimum atomic E-state index is -1.09. The Morgan fingerprint density at radius 1 is 1.20 bits per heavy atom. The maximum Gasteiger partial charge on any atom is 0.356 e. The number of nitrogens with one attached hydrogen (secondary N) is 1. The summed E-state index contributed by atoms with van der Waals surface area (Å²) in [6, 6.07) is 10.8. The van der Waals surface area contributed by atoms with Gasteiger partial charge in [0.05, 0.1) is 12.8 Å². The summed E-state index contributed by atoms with van der Waals surface area (Å²) in [4.78, 5) is 25.6. The number of nitrogens with zero attached hydrogens (tertiary/aromatic N) is 2. The van der Waals surface area contributed by atoms with Gasteiger partial charge < -0.3 is 14.4 Å². The number of H-pyrrole nitrogens is 1. The van der Waals surface area contributed by atoms with E-state index in [9.17, 15) is 14.7 Å². The summed E-state index contributed by atoms with van der Waals surface area (Å²) in [5.41, 5.74) is 2.80. The number of rotatable bonds is 3. The van der Waals surface area contributed by atoms with Crippen LogP contribution in [0.15, 0.2) is 47.1 Å². The molecule has 1 aliphatic heterocycles. The summed E-state index contributed by atoms with van der Waals surface area (Å²) < 4.78 is 5.34. The Morgan fingerprint density at radius 3 is 2.68 bits per heavy atom. The van der Waals surface area contributed by atoms with E-state index in [0.717, 1.165) is 17.0 Å². The fraction of sp³-hybridized carbons (Fsp3) is 0.167. The topological polar surface area (TPSA) is 99.4 Å². The zero-order valence-electron chi connectivity index (χ0n) is 13.2. The van der Waals surface area contributed by atoms with Crippen LogP contribution < -0.4 is 0 Å². The number of aromatic carboxylic acids is 1. The van der Waals surface area contributed by atoms with Crippen LogP contribution in [0.4, 0.5) is 0 Å². The van der Waals surface area contributed by atoms with Gasteiger partial charge in [0.1, 0.15) is 5.76 Å². The van der Waals surface area contributed by atoms with Gasteiger partial charge in [-0.1, -0.05) is 12.1 Å². The van der Waals surface area contributed by atoms with Crippen molar-refractivity contribution < 1.29 is 19.1 Å². The summed E-state index contributed by atoms with van der Waals surface area (Å²) in [6.45, 7) is 0.763. The van der Waals surface area contributed by atoms with Gasteiger partial charge in [0.2, 0.25) is 0 Å². The van der Waals surface area contributed by atoms with Crippen molar-refractivity contribution in [3.05, 3.63) is 65.2 Å². The predicted octanol–water partition coefficient (Wildman–Crippen LogP) is 2.57. The normalized spacial score (nSPS) is 13.5. The molecule has 1 aliphatic rings. The monoisotopic (exact) mass is 337 g/mol. The summed E-state index contributed by atoms with van der Waals surface area (Å²) in [5.74, 6) is -0.477. The predicted molar refractivity (Wildman–Crippen MR) is 88.1 cm³/mol. The summed E-state index contributed by atoms with van der Waals surface area (Å²) in [6.07, 6.45) is 2.16. The van der Waals surface area contributed by atoms with Crippen LogP contribution in [0.1, 0.15) is 32.1 Å². The van der Waals surface area contributed by atoms with Gasteiger partial charge in [0.15, 0.2) is 5.69 Å². The van der Waals surface area contributed by atoms with E-state index in [0.29, 0.717) is 24.1 Å². The highest BCUT2D eigenvalue weighted by Gasteiger charge is 2.28. The molecular formula is C18H15N3O4. The first-order valence-electron chi connectivity index (χ1n) is 7.86. The summed E-state index contributed by atoms with van der Waals surface area (Å²) in [7, 11) is 0. The Balaban J connectivity index is 1.55. The lowest BCUT2D eigenvalue weighted by Crippen LogP contribution is -2.36. The van der Waals surface area contributed by atoms with Crippen molar-refractivity contribution in [3.63, 3.8) is 0 Å². The summed E-state index contributed by atoms with van der Waals surface area (Å²) >= 11 is 0. The first-order chi connectivity index (χ1) is 12.1. The fourth-order valence-electron chi connectivity index (χ4n) is 3.05. The SMILES string of the molecule is O=C(O)c1n[nH]c2c1CN(C(=O)c1ccc(-c3ccco3)cc1)CC2. The van der Waals surface area contributed by atoms with Crippen LogP contribution in [0.25, 0.3) is 11.3 Å². The number of aromatic amines is 1. The molecule has 0 atom stereocenters. The number of aromatic nitrogens is 2. The lowest BCUT2D eigenvalue weighted by atomic mass is 10.0. The lowest BCUT2D eigenvalue weighted by Gasteiger charge is -2.27. The van der Waals surface area contributed by atoms with Crippen molar-refractivity contribution in [2.45, 2.75) is 13.0 Å². The number of hydrogen-bond acceptors (Lipinski definition) is 4. The lowest BCUT2D eigenvalue weighted by molar-refractivity contribution is 0.0674. The van der Waals surface area contributed by atoms with Crippen molar-refractivity contribution >= 4 is 11.9 Å². The summed E-state index contributed by atoms with van der Waals surface area (Å²) in [5, 5.41) is 15.8. The molecule has 2 N–H and O–H groups in total. The van der Waals surface area contributed by atoms with Crippen LogP contribution >= 0.6 is 0 Å². The molecule has 0 radical (unpaired) electrons. The molecular weight excluding hydrogens is 322 g/mol. The molecule has 1 aromatic carbocycles. The Morgan fingerprint density at radius 2 is 2.00 bits per heavy atom. The third kappa shape index (κ3) is 2.69. The number of fused-ring (bicyclic) bond motifs is 1. The van der Waals surface area contributed by atoms with Crippen molar-refractivity contribution in [3.8, 4) is 11.3 Å². The van der Waals surface area contributed by atoms with E-state index in [4.69, 9.17) is 4.42 Å². The van der Waals surface area contributed by atoms with Crippen LogP contribution in [-0.4, -0.2) is 38.6 Å². The second kappa shape index (κ2) is 5.94. The average molecular weight is 337 g/mol. The molecule has 2 aromatic heterocycles. The molecule has 7 heteroatoms. The Kier molecular flexibility index (Phi) is 3.61. The maximum absolute atomic E-state index is 12.7. The second-order valence-electron chi connectivity index (χ2n) is 5.87. The molecule has 4 rings (SSSR count). The molecule has 3 aromatic rings. The van der Waals surface area contributed by atoms with Crippen LogP contribution in [0.5, 0.6) is 0 Å². The molecule has 126 valence electrons. The average Bonchev–Trinajstić information content (AvgIpc) is 3.30. The number of furan rings is 1. The van der Waals surface area contributed by atoms with E-state index in [-0.39, 0.29) is 18.1 Å². The van der Waals surface area contributed by atoms with E-state index in [1.54, 1.807) is 23.3 Å².